The number of carbonyl (C=O) groups excluding carboxylic acids is 1. The fraction of sp³-hybridized carbons (Fsp3) is 0.308. The molecule has 1 saturated heterocycles. The van der Waals surface area contributed by atoms with Crippen LogP contribution in [0.15, 0.2) is 35.9 Å². The van der Waals surface area contributed by atoms with E-state index in [-0.39, 0.29) is 18.1 Å². The van der Waals surface area contributed by atoms with E-state index in [4.69, 9.17) is 4.74 Å². The molecule has 1 aromatic rings. The minimum Gasteiger partial charge on any atom is -0.369 e. The zero-order chi connectivity index (χ0) is 11.5. The largest absolute Gasteiger partial charge is 0.369 e. The third-order valence-corrected chi connectivity index (χ3v) is 2.80. The predicted molar refractivity (Wildman–Crippen MR) is 62.8 cm³/mol. The number of methoxy groups -OCH3 is 1. The van der Waals surface area contributed by atoms with E-state index in [1.807, 2.05) is 37.3 Å². The standard InChI is InChI=1S/C13H15NO2/c1-9(8-10-6-4-3-5-7-10)11-12(16-2)13(15)14-11/h3-8,11-12H,1-2H3,(H,14,15)/b9-8+/t11-,12+/m1/s1. The Morgan fingerprint density at radius 1 is 1.38 bits per heavy atom. The molecule has 0 radical (unpaired) electrons. The third-order valence-electron chi connectivity index (χ3n) is 2.80. The van der Waals surface area contributed by atoms with Gasteiger partial charge in [0.1, 0.15) is 0 Å². The van der Waals surface area contributed by atoms with Crippen molar-refractivity contribution < 1.29 is 9.53 Å². The van der Waals surface area contributed by atoms with Crippen molar-refractivity contribution in [2.75, 3.05) is 7.11 Å². The lowest BCUT2D eigenvalue weighted by molar-refractivity contribution is -0.143. The molecule has 0 unspecified atom stereocenters. The first-order valence-electron chi connectivity index (χ1n) is 5.29. The van der Waals surface area contributed by atoms with Crippen LogP contribution in [0.25, 0.3) is 6.08 Å². The molecule has 1 aliphatic heterocycles. The Balaban J connectivity index is 2.11. The van der Waals surface area contributed by atoms with Gasteiger partial charge in [0.05, 0.1) is 6.04 Å². The Bertz CT molecular complexity index is 411. The Morgan fingerprint density at radius 3 is 2.62 bits per heavy atom. The molecule has 1 heterocycles. The lowest BCUT2D eigenvalue weighted by Gasteiger charge is -2.36. The van der Waals surface area contributed by atoms with Gasteiger partial charge < -0.3 is 10.1 Å². The van der Waals surface area contributed by atoms with Gasteiger partial charge >= 0.3 is 0 Å². The molecule has 1 amide bonds. The molecule has 84 valence electrons. The highest BCUT2D eigenvalue weighted by Crippen LogP contribution is 2.19. The number of amides is 1. The van der Waals surface area contributed by atoms with Gasteiger partial charge in [0.15, 0.2) is 6.10 Å². The highest BCUT2D eigenvalue weighted by molar-refractivity contribution is 5.90. The van der Waals surface area contributed by atoms with Gasteiger partial charge in [0.2, 0.25) is 0 Å². The van der Waals surface area contributed by atoms with Crippen LogP contribution < -0.4 is 5.32 Å². The second kappa shape index (κ2) is 4.49. The van der Waals surface area contributed by atoms with Gasteiger partial charge in [-0.2, -0.15) is 0 Å². The van der Waals surface area contributed by atoms with Gasteiger partial charge in [-0.25, -0.2) is 0 Å². The molecule has 0 spiro atoms. The first-order valence-corrected chi connectivity index (χ1v) is 5.29. The van der Waals surface area contributed by atoms with Gasteiger partial charge in [0, 0.05) is 7.11 Å². The van der Waals surface area contributed by atoms with Crippen molar-refractivity contribution in [3.8, 4) is 0 Å². The number of ether oxygens (including phenoxy) is 1. The quantitative estimate of drug-likeness (QED) is 0.781. The molecule has 1 N–H and O–H groups in total. The van der Waals surface area contributed by atoms with Crippen LogP contribution in [0.5, 0.6) is 0 Å². The van der Waals surface area contributed by atoms with Crippen LogP contribution in [0.1, 0.15) is 12.5 Å². The monoisotopic (exact) mass is 217 g/mol. The number of benzene rings is 1. The zero-order valence-corrected chi connectivity index (χ0v) is 9.44. The second-order valence-corrected chi connectivity index (χ2v) is 3.94. The zero-order valence-electron chi connectivity index (χ0n) is 9.44. The summed E-state index contributed by atoms with van der Waals surface area (Å²) in [5, 5.41) is 2.83. The summed E-state index contributed by atoms with van der Waals surface area (Å²) in [7, 11) is 1.56. The number of β-lactam (4-membered cyclic amide) rings is 1. The van der Waals surface area contributed by atoms with E-state index in [9.17, 15) is 4.79 Å². The second-order valence-electron chi connectivity index (χ2n) is 3.94. The summed E-state index contributed by atoms with van der Waals surface area (Å²) in [4.78, 5) is 11.2. The highest BCUT2D eigenvalue weighted by atomic mass is 16.5. The third kappa shape index (κ3) is 1.99. The summed E-state index contributed by atoms with van der Waals surface area (Å²) < 4.78 is 5.12. The normalized spacial score (nSPS) is 24.9. The maximum absolute atomic E-state index is 11.2. The van der Waals surface area contributed by atoms with E-state index in [1.54, 1.807) is 7.11 Å². The van der Waals surface area contributed by atoms with Crippen LogP contribution in [-0.2, 0) is 9.53 Å². The average Bonchev–Trinajstić information content (AvgIpc) is 2.27. The van der Waals surface area contributed by atoms with Crippen LogP contribution in [0.3, 0.4) is 0 Å². The van der Waals surface area contributed by atoms with E-state index in [2.05, 4.69) is 11.4 Å². The number of nitrogens with one attached hydrogen (secondary N) is 1. The summed E-state index contributed by atoms with van der Waals surface area (Å²) >= 11 is 0. The van der Waals surface area contributed by atoms with E-state index in [1.165, 1.54) is 0 Å². The van der Waals surface area contributed by atoms with E-state index in [0.717, 1.165) is 11.1 Å². The van der Waals surface area contributed by atoms with Crippen molar-refractivity contribution in [1.29, 1.82) is 0 Å². The van der Waals surface area contributed by atoms with Gasteiger partial charge in [0.25, 0.3) is 5.91 Å². The van der Waals surface area contributed by atoms with Crippen LogP contribution in [0.2, 0.25) is 0 Å². The molecule has 0 bridgehead atoms. The molecule has 0 saturated carbocycles. The number of hydrogen-bond donors (Lipinski definition) is 1. The van der Waals surface area contributed by atoms with Crippen LogP contribution in [-0.4, -0.2) is 25.2 Å². The molecular formula is C13H15NO2. The molecule has 3 heteroatoms. The summed E-state index contributed by atoms with van der Waals surface area (Å²) in [5.74, 6) is -0.0340. The molecule has 16 heavy (non-hydrogen) atoms. The van der Waals surface area contributed by atoms with Crippen LogP contribution >= 0.6 is 0 Å². The minimum atomic E-state index is -0.333. The van der Waals surface area contributed by atoms with E-state index in [0.29, 0.717) is 0 Å². The van der Waals surface area contributed by atoms with Crippen molar-refractivity contribution in [3.05, 3.63) is 41.5 Å². The number of hydrogen-bond acceptors (Lipinski definition) is 2. The van der Waals surface area contributed by atoms with Crippen LogP contribution in [0, 0.1) is 0 Å². The summed E-state index contributed by atoms with van der Waals surface area (Å²) in [6.07, 6.45) is 1.73. The Morgan fingerprint density at radius 2 is 2.06 bits per heavy atom. The highest BCUT2D eigenvalue weighted by Gasteiger charge is 2.40. The van der Waals surface area contributed by atoms with Gasteiger partial charge in [-0.1, -0.05) is 36.4 Å². The fourth-order valence-electron chi connectivity index (χ4n) is 1.86. The molecule has 2 atom stereocenters. The van der Waals surface area contributed by atoms with Gasteiger partial charge in [-0.15, -0.1) is 0 Å². The maximum Gasteiger partial charge on any atom is 0.252 e. The Hall–Kier alpha value is -1.61. The Labute approximate surface area is 95.1 Å². The average molecular weight is 217 g/mol. The number of carbonyl (C=O) groups is 1. The van der Waals surface area contributed by atoms with Gasteiger partial charge in [-0.05, 0) is 18.1 Å². The number of rotatable bonds is 3. The van der Waals surface area contributed by atoms with Gasteiger partial charge in [-0.3, -0.25) is 4.79 Å². The molecule has 2 rings (SSSR count). The van der Waals surface area contributed by atoms with Crippen molar-refractivity contribution in [2.24, 2.45) is 0 Å². The molecule has 0 aliphatic carbocycles. The van der Waals surface area contributed by atoms with Crippen molar-refractivity contribution in [2.45, 2.75) is 19.1 Å². The minimum absolute atomic E-state index is 0.0118. The molecule has 3 nitrogen and oxygen atoms in total. The van der Waals surface area contributed by atoms with E-state index >= 15 is 0 Å². The van der Waals surface area contributed by atoms with Crippen LogP contribution in [0.4, 0.5) is 0 Å². The van der Waals surface area contributed by atoms with Crippen molar-refractivity contribution in [1.82, 2.24) is 5.32 Å². The summed E-state index contributed by atoms with van der Waals surface area (Å²) in [5.41, 5.74) is 2.24. The summed E-state index contributed by atoms with van der Waals surface area (Å²) in [6, 6.07) is 10.0. The molecule has 1 fully saturated rings. The molecule has 0 aromatic heterocycles. The molecule has 1 aromatic carbocycles. The SMILES string of the molecule is CO[C@@H]1C(=O)N[C@@H]1/C(C)=C/c1ccccc1. The van der Waals surface area contributed by atoms with E-state index < -0.39 is 0 Å². The maximum atomic E-state index is 11.2. The first-order chi connectivity index (χ1) is 7.72. The van der Waals surface area contributed by atoms with Crippen molar-refractivity contribution in [3.63, 3.8) is 0 Å². The smallest absolute Gasteiger partial charge is 0.252 e. The fourth-order valence-corrected chi connectivity index (χ4v) is 1.86. The summed E-state index contributed by atoms with van der Waals surface area (Å²) in [6.45, 7) is 2.00. The molecular weight excluding hydrogens is 202 g/mol. The van der Waals surface area contributed by atoms with Crippen molar-refractivity contribution >= 4 is 12.0 Å². The molecule has 1 aliphatic rings. The lowest BCUT2D eigenvalue weighted by Crippen LogP contribution is -2.63. The topological polar surface area (TPSA) is 38.3 Å². The first kappa shape index (κ1) is 10.9. The predicted octanol–water partition coefficient (Wildman–Crippen LogP) is 1.60. The Kier molecular flexibility index (Phi) is 3.06. The lowest BCUT2D eigenvalue weighted by atomic mass is 9.93.